The number of esters is 1. The normalized spacial score (nSPS) is 19.7. The maximum absolute atomic E-state index is 12.8. The van der Waals surface area contributed by atoms with E-state index in [-0.39, 0.29) is 41.6 Å². The van der Waals surface area contributed by atoms with Crippen LogP contribution in [0.5, 0.6) is 0 Å². The molecule has 2 fully saturated rings. The molecule has 1 aliphatic heterocycles. The Morgan fingerprint density at radius 1 is 1.35 bits per heavy atom. The van der Waals surface area contributed by atoms with Gasteiger partial charge in [0.15, 0.2) is 0 Å². The van der Waals surface area contributed by atoms with E-state index in [1.807, 2.05) is 0 Å². The Morgan fingerprint density at radius 3 is 2.77 bits per heavy atom. The summed E-state index contributed by atoms with van der Waals surface area (Å²) in [6.07, 6.45) is 3.40. The first-order chi connectivity index (χ1) is 12.5. The van der Waals surface area contributed by atoms with Gasteiger partial charge in [-0.15, -0.1) is 0 Å². The highest BCUT2D eigenvalue weighted by Gasteiger charge is 2.31. The van der Waals surface area contributed by atoms with Crippen molar-refractivity contribution in [1.29, 1.82) is 0 Å². The molecule has 140 valence electrons. The highest BCUT2D eigenvalue weighted by atomic mass is 16.6. The maximum Gasteiger partial charge on any atom is 0.310 e. The molecule has 1 amide bonds. The summed E-state index contributed by atoms with van der Waals surface area (Å²) in [4.78, 5) is 37.2. The molecule has 1 saturated heterocycles. The lowest BCUT2D eigenvalue weighted by Crippen LogP contribution is -2.42. The smallest absolute Gasteiger partial charge is 0.310 e. The first-order valence-electron chi connectivity index (χ1n) is 9.00. The fourth-order valence-electron chi connectivity index (χ4n) is 3.18. The molecule has 0 aromatic heterocycles. The highest BCUT2D eigenvalue weighted by Crippen LogP contribution is 2.32. The molecular formula is C18H23N3O5. The third-order valence-electron chi connectivity index (χ3n) is 4.71. The first kappa shape index (κ1) is 18.2. The summed E-state index contributed by atoms with van der Waals surface area (Å²) in [7, 11) is 0. The summed E-state index contributed by atoms with van der Waals surface area (Å²) < 4.78 is 5.05. The number of likely N-dealkylation sites (tertiary alicyclic amines) is 1. The molecule has 2 aliphatic rings. The van der Waals surface area contributed by atoms with Gasteiger partial charge in [-0.1, -0.05) is 0 Å². The molecule has 1 N–H and O–H groups in total. The first-order valence-corrected chi connectivity index (χ1v) is 9.00. The van der Waals surface area contributed by atoms with Crippen molar-refractivity contribution in [2.75, 3.05) is 25.0 Å². The lowest BCUT2D eigenvalue weighted by Gasteiger charge is -2.31. The number of carbonyl (C=O) groups excluding carboxylic acids is 2. The second-order valence-corrected chi connectivity index (χ2v) is 6.75. The van der Waals surface area contributed by atoms with Gasteiger partial charge in [-0.2, -0.15) is 0 Å². The van der Waals surface area contributed by atoms with Crippen LogP contribution < -0.4 is 5.32 Å². The molecule has 8 heteroatoms. The van der Waals surface area contributed by atoms with Gasteiger partial charge < -0.3 is 15.0 Å². The van der Waals surface area contributed by atoms with Crippen LogP contribution in [0.15, 0.2) is 18.2 Å². The summed E-state index contributed by atoms with van der Waals surface area (Å²) in [6.45, 7) is 2.88. The van der Waals surface area contributed by atoms with E-state index in [0.717, 1.165) is 12.8 Å². The SMILES string of the molecule is CCOC(=O)C1CCCN(C(=O)c2ccc(NC3CC3)c([N+](=O)[O-])c2)C1. The Hall–Kier alpha value is -2.64. The Labute approximate surface area is 151 Å². The predicted octanol–water partition coefficient (Wildman–Crippen LogP) is 2.58. The van der Waals surface area contributed by atoms with Crippen molar-refractivity contribution < 1.29 is 19.2 Å². The number of nitro groups is 1. The van der Waals surface area contributed by atoms with Gasteiger partial charge >= 0.3 is 5.97 Å². The summed E-state index contributed by atoms with van der Waals surface area (Å²) in [5, 5.41) is 14.5. The second-order valence-electron chi connectivity index (χ2n) is 6.75. The molecule has 3 rings (SSSR count). The number of amides is 1. The molecule has 1 unspecified atom stereocenters. The van der Waals surface area contributed by atoms with E-state index in [4.69, 9.17) is 4.74 Å². The van der Waals surface area contributed by atoms with Crippen molar-refractivity contribution in [3.8, 4) is 0 Å². The molecule has 1 aromatic carbocycles. The largest absolute Gasteiger partial charge is 0.466 e. The molecule has 1 saturated carbocycles. The zero-order valence-corrected chi connectivity index (χ0v) is 14.8. The van der Waals surface area contributed by atoms with Crippen molar-refractivity contribution in [2.45, 2.75) is 38.6 Å². The molecule has 8 nitrogen and oxygen atoms in total. The molecule has 1 atom stereocenters. The van der Waals surface area contributed by atoms with E-state index in [1.54, 1.807) is 24.0 Å². The van der Waals surface area contributed by atoms with Gasteiger partial charge in [-0.3, -0.25) is 19.7 Å². The number of hydrogen-bond acceptors (Lipinski definition) is 6. The number of rotatable bonds is 6. The van der Waals surface area contributed by atoms with Crippen LogP contribution in [0.25, 0.3) is 0 Å². The third kappa shape index (κ3) is 4.12. The van der Waals surface area contributed by atoms with Crippen LogP contribution in [0, 0.1) is 16.0 Å². The van der Waals surface area contributed by atoms with Gasteiger partial charge in [-0.25, -0.2) is 0 Å². The van der Waals surface area contributed by atoms with E-state index < -0.39 is 4.92 Å². The van der Waals surface area contributed by atoms with Gasteiger partial charge in [0.2, 0.25) is 0 Å². The van der Waals surface area contributed by atoms with Gasteiger partial charge in [0.05, 0.1) is 17.4 Å². The Kier molecular flexibility index (Phi) is 5.39. The van der Waals surface area contributed by atoms with Gasteiger partial charge in [0.1, 0.15) is 5.69 Å². The zero-order chi connectivity index (χ0) is 18.7. The van der Waals surface area contributed by atoms with Crippen LogP contribution in [0.4, 0.5) is 11.4 Å². The summed E-state index contributed by atoms with van der Waals surface area (Å²) in [5.74, 6) is -0.918. The molecule has 0 spiro atoms. The van der Waals surface area contributed by atoms with Crippen LogP contribution in [0.3, 0.4) is 0 Å². The van der Waals surface area contributed by atoms with E-state index in [0.29, 0.717) is 31.7 Å². The Morgan fingerprint density at radius 2 is 2.12 bits per heavy atom. The lowest BCUT2D eigenvalue weighted by molar-refractivity contribution is -0.384. The van der Waals surface area contributed by atoms with Crippen molar-refractivity contribution in [3.05, 3.63) is 33.9 Å². The van der Waals surface area contributed by atoms with E-state index in [9.17, 15) is 19.7 Å². The number of anilines is 1. The van der Waals surface area contributed by atoms with Gasteiger partial charge in [-0.05, 0) is 44.7 Å². The van der Waals surface area contributed by atoms with Crippen LogP contribution >= 0.6 is 0 Å². The average molecular weight is 361 g/mol. The maximum atomic E-state index is 12.8. The summed E-state index contributed by atoms with van der Waals surface area (Å²) in [5.41, 5.74) is 0.612. The van der Waals surface area contributed by atoms with Crippen molar-refractivity contribution in [3.63, 3.8) is 0 Å². The minimum Gasteiger partial charge on any atom is -0.466 e. The number of ether oxygens (including phenoxy) is 1. The highest BCUT2D eigenvalue weighted by molar-refractivity contribution is 5.96. The monoisotopic (exact) mass is 361 g/mol. The van der Waals surface area contributed by atoms with Crippen LogP contribution in [-0.4, -0.2) is 47.4 Å². The third-order valence-corrected chi connectivity index (χ3v) is 4.71. The number of piperidine rings is 1. The zero-order valence-electron chi connectivity index (χ0n) is 14.8. The van der Waals surface area contributed by atoms with E-state index in [1.165, 1.54) is 6.07 Å². The van der Waals surface area contributed by atoms with Crippen LogP contribution in [0.2, 0.25) is 0 Å². The molecule has 0 radical (unpaired) electrons. The lowest BCUT2D eigenvalue weighted by atomic mass is 9.97. The van der Waals surface area contributed by atoms with Crippen LogP contribution in [-0.2, 0) is 9.53 Å². The number of carbonyl (C=O) groups is 2. The molecule has 26 heavy (non-hydrogen) atoms. The molecule has 1 aromatic rings. The van der Waals surface area contributed by atoms with Gasteiger partial charge in [0.25, 0.3) is 11.6 Å². The molecule has 1 aliphatic carbocycles. The van der Waals surface area contributed by atoms with Crippen molar-refractivity contribution >= 4 is 23.3 Å². The number of nitrogens with zero attached hydrogens (tertiary/aromatic N) is 2. The van der Waals surface area contributed by atoms with E-state index >= 15 is 0 Å². The van der Waals surface area contributed by atoms with Crippen LogP contribution in [0.1, 0.15) is 43.0 Å². The fraction of sp³-hybridized carbons (Fsp3) is 0.556. The standard InChI is InChI=1S/C18H23N3O5/c1-2-26-18(23)13-4-3-9-20(11-13)17(22)12-5-8-15(19-14-6-7-14)16(10-12)21(24)25/h5,8,10,13-14,19H,2-4,6-7,9,11H2,1H3. The number of nitrogens with one attached hydrogen (secondary N) is 1. The fourth-order valence-corrected chi connectivity index (χ4v) is 3.18. The second kappa shape index (κ2) is 7.72. The molecule has 1 heterocycles. The minimum absolute atomic E-state index is 0.0956. The quantitative estimate of drug-likeness (QED) is 0.475. The molecule has 0 bridgehead atoms. The number of benzene rings is 1. The average Bonchev–Trinajstić information content (AvgIpc) is 3.45. The van der Waals surface area contributed by atoms with Gasteiger partial charge in [0, 0.05) is 30.8 Å². The number of nitro benzene ring substituents is 1. The topological polar surface area (TPSA) is 102 Å². The summed E-state index contributed by atoms with van der Waals surface area (Å²) >= 11 is 0. The van der Waals surface area contributed by atoms with E-state index in [2.05, 4.69) is 5.32 Å². The molecular weight excluding hydrogens is 338 g/mol. The van der Waals surface area contributed by atoms with Crippen molar-refractivity contribution in [2.24, 2.45) is 5.92 Å². The van der Waals surface area contributed by atoms with Crippen molar-refractivity contribution in [1.82, 2.24) is 4.90 Å². The predicted molar refractivity (Wildman–Crippen MR) is 95.0 cm³/mol. The Bertz CT molecular complexity index is 717. The Balaban J connectivity index is 1.75. The number of hydrogen-bond donors (Lipinski definition) is 1. The summed E-state index contributed by atoms with van der Waals surface area (Å²) in [6, 6.07) is 4.80. The minimum atomic E-state index is -0.473.